The molecule has 0 unspecified atom stereocenters. The van der Waals surface area contributed by atoms with Crippen LogP contribution in [0.1, 0.15) is 31.7 Å². The first kappa shape index (κ1) is 11.9. The van der Waals surface area contributed by atoms with Crippen LogP contribution in [0, 0.1) is 5.82 Å². The molecule has 4 heteroatoms. The molecule has 1 aromatic rings. The standard InChI is InChI=1S/C10H9F3O.CH4/c11-7-3-4-9(14-10(12)13)8(5-7)6-1-2-6;/h3-6,10H,1-2H2;1H4. The van der Waals surface area contributed by atoms with Crippen LogP contribution >= 0.6 is 0 Å². The van der Waals surface area contributed by atoms with Crippen molar-refractivity contribution >= 4 is 0 Å². The molecule has 1 nitrogen and oxygen atoms in total. The Bertz CT molecular complexity index is 335. The molecule has 15 heavy (non-hydrogen) atoms. The average molecular weight is 218 g/mol. The summed E-state index contributed by atoms with van der Waals surface area (Å²) in [5.74, 6) is -0.114. The molecule has 1 aromatic carbocycles. The summed E-state index contributed by atoms with van der Waals surface area (Å²) in [4.78, 5) is 0. The number of hydrogen-bond acceptors (Lipinski definition) is 1. The molecule has 1 fully saturated rings. The zero-order chi connectivity index (χ0) is 10.1. The Kier molecular flexibility index (Phi) is 3.61. The minimum atomic E-state index is -2.85. The molecule has 84 valence electrons. The van der Waals surface area contributed by atoms with E-state index in [2.05, 4.69) is 4.74 Å². The highest BCUT2D eigenvalue weighted by Gasteiger charge is 2.28. The van der Waals surface area contributed by atoms with Crippen LogP contribution in [0.15, 0.2) is 18.2 Å². The van der Waals surface area contributed by atoms with Gasteiger partial charge >= 0.3 is 6.61 Å². The fourth-order valence-corrected chi connectivity index (χ4v) is 1.44. The summed E-state index contributed by atoms with van der Waals surface area (Å²) in [6.07, 6.45) is 1.84. The van der Waals surface area contributed by atoms with Gasteiger partial charge in [-0.15, -0.1) is 0 Å². The Morgan fingerprint density at radius 3 is 2.47 bits per heavy atom. The van der Waals surface area contributed by atoms with E-state index in [1.165, 1.54) is 12.1 Å². The van der Waals surface area contributed by atoms with Crippen LogP contribution < -0.4 is 4.74 Å². The number of benzene rings is 1. The highest BCUT2D eigenvalue weighted by molar-refractivity contribution is 5.39. The molecule has 0 saturated heterocycles. The highest BCUT2D eigenvalue weighted by atomic mass is 19.3. The van der Waals surface area contributed by atoms with Crippen molar-refractivity contribution in [3.05, 3.63) is 29.6 Å². The molecule has 0 atom stereocenters. The van der Waals surface area contributed by atoms with E-state index in [1.54, 1.807) is 0 Å². The molecule has 0 aromatic heterocycles. The normalized spacial score (nSPS) is 14.9. The molecule has 0 aliphatic heterocycles. The molecule has 1 aliphatic carbocycles. The second-order valence-electron chi connectivity index (χ2n) is 3.33. The molecular weight excluding hydrogens is 205 g/mol. The van der Waals surface area contributed by atoms with Gasteiger partial charge in [-0.1, -0.05) is 7.43 Å². The molecular formula is C11H13F3O. The van der Waals surface area contributed by atoms with E-state index in [4.69, 9.17) is 0 Å². The Hall–Kier alpha value is -1.19. The van der Waals surface area contributed by atoms with Crippen LogP contribution in [0.25, 0.3) is 0 Å². The summed E-state index contributed by atoms with van der Waals surface area (Å²) in [7, 11) is 0. The van der Waals surface area contributed by atoms with Gasteiger partial charge in [0.05, 0.1) is 0 Å². The summed E-state index contributed by atoms with van der Waals surface area (Å²) in [6.45, 7) is -2.85. The van der Waals surface area contributed by atoms with Crippen LogP contribution in [0.5, 0.6) is 5.75 Å². The third kappa shape index (κ3) is 2.88. The fraction of sp³-hybridized carbons (Fsp3) is 0.455. The van der Waals surface area contributed by atoms with Gasteiger partial charge in [-0.2, -0.15) is 8.78 Å². The quantitative estimate of drug-likeness (QED) is 0.746. The van der Waals surface area contributed by atoms with Gasteiger partial charge in [0.25, 0.3) is 0 Å². The second-order valence-corrected chi connectivity index (χ2v) is 3.33. The Morgan fingerprint density at radius 2 is 1.93 bits per heavy atom. The Balaban J connectivity index is 0.00000112. The average Bonchev–Trinajstić information content (AvgIpc) is 2.90. The highest BCUT2D eigenvalue weighted by Crippen LogP contribution is 2.44. The van der Waals surface area contributed by atoms with E-state index in [1.807, 2.05) is 0 Å². The predicted octanol–water partition coefficient (Wildman–Crippen LogP) is 3.94. The molecule has 0 radical (unpaired) electrons. The maximum absolute atomic E-state index is 12.8. The summed E-state index contributed by atoms with van der Waals surface area (Å²) in [5.41, 5.74) is 0.560. The van der Waals surface area contributed by atoms with Crippen LogP contribution in [-0.2, 0) is 0 Å². The van der Waals surface area contributed by atoms with Crippen molar-refractivity contribution in [3.8, 4) is 5.75 Å². The van der Waals surface area contributed by atoms with Gasteiger partial charge in [0.2, 0.25) is 0 Å². The lowest BCUT2D eigenvalue weighted by atomic mass is 10.1. The monoisotopic (exact) mass is 218 g/mol. The van der Waals surface area contributed by atoms with Crippen molar-refractivity contribution in [2.45, 2.75) is 32.8 Å². The SMILES string of the molecule is C.Fc1ccc(OC(F)F)c(C2CC2)c1. The second kappa shape index (κ2) is 4.55. The zero-order valence-corrected chi connectivity index (χ0v) is 7.34. The minimum absolute atomic E-state index is 0. The lowest BCUT2D eigenvalue weighted by Gasteiger charge is -2.09. The lowest BCUT2D eigenvalue weighted by Crippen LogP contribution is -2.04. The van der Waals surface area contributed by atoms with E-state index in [0.717, 1.165) is 18.9 Å². The first-order valence-electron chi connectivity index (χ1n) is 4.41. The van der Waals surface area contributed by atoms with Gasteiger partial charge < -0.3 is 4.74 Å². The summed E-state index contributed by atoms with van der Waals surface area (Å²) < 4.78 is 41.1. The van der Waals surface area contributed by atoms with Crippen molar-refractivity contribution in [2.75, 3.05) is 0 Å². The molecule has 1 aliphatic rings. The van der Waals surface area contributed by atoms with E-state index in [0.29, 0.717) is 5.56 Å². The number of alkyl halides is 2. The number of hydrogen-bond donors (Lipinski definition) is 0. The summed E-state index contributed by atoms with van der Waals surface area (Å²) in [6, 6.07) is 3.66. The first-order valence-corrected chi connectivity index (χ1v) is 4.41. The Labute approximate surface area is 86.9 Å². The number of rotatable bonds is 3. The van der Waals surface area contributed by atoms with Crippen molar-refractivity contribution < 1.29 is 17.9 Å². The van der Waals surface area contributed by atoms with Gasteiger partial charge in [0.1, 0.15) is 11.6 Å². The molecule has 0 N–H and O–H groups in total. The largest absolute Gasteiger partial charge is 0.435 e. The van der Waals surface area contributed by atoms with Gasteiger partial charge in [-0.05, 0) is 37.0 Å². The van der Waals surface area contributed by atoms with E-state index >= 15 is 0 Å². The van der Waals surface area contributed by atoms with Gasteiger partial charge in [0, 0.05) is 5.56 Å². The van der Waals surface area contributed by atoms with Crippen LogP contribution in [0.2, 0.25) is 0 Å². The molecule has 0 amide bonds. The summed E-state index contributed by atoms with van der Waals surface area (Å²) in [5, 5.41) is 0. The van der Waals surface area contributed by atoms with Gasteiger partial charge in [0.15, 0.2) is 0 Å². The molecule has 1 saturated carbocycles. The maximum atomic E-state index is 12.8. The lowest BCUT2D eigenvalue weighted by molar-refractivity contribution is -0.0504. The van der Waals surface area contributed by atoms with E-state index in [9.17, 15) is 13.2 Å². The van der Waals surface area contributed by atoms with Crippen molar-refractivity contribution in [1.29, 1.82) is 0 Å². The van der Waals surface area contributed by atoms with E-state index < -0.39 is 12.4 Å². The maximum Gasteiger partial charge on any atom is 0.387 e. The molecule has 0 bridgehead atoms. The molecule has 0 spiro atoms. The van der Waals surface area contributed by atoms with Crippen LogP contribution in [0.4, 0.5) is 13.2 Å². The fourth-order valence-electron chi connectivity index (χ4n) is 1.44. The number of halogens is 3. The van der Waals surface area contributed by atoms with E-state index in [-0.39, 0.29) is 19.1 Å². The van der Waals surface area contributed by atoms with Crippen molar-refractivity contribution in [2.24, 2.45) is 0 Å². The Morgan fingerprint density at radius 1 is 1.27 bits per heavy atom. The molecule has 2 rings (SSSR count). The topological polar surface area (TPSA) is 9.23 Å². The third-order valence-electron chi connectivity index (χ3n) is 2.21. The molecule has 0 heterocycles. The number of ether oxygens (including phenoxy) is 1. The zero-order valence-electron chi connectivity index (χ0n) is 7.34. The predicted molar refractivity (Wildman–Crippen MR) is 51.7 cm³/mol. The first-order chi connectivity index (χ1) is 6.66. The van der Waals surface area contributed by atoms with Crippen molar-refractivity contribution in [1.82, 2.24) is 0 Å². The van der Waals surface area contributed by atoms with Crippen molar-refractivity contribution in [3.63, 3.8) is 0 Å². The van der Waals surface area contributed by atoms with Crippen LogP contribution in [0.3, 0.4) is 0 Å². The summed E-state index contributed by atoms with van der Waals surface area (Å²) >= 11 is 0. The van der Waals surface area contributed by atoms with Gasteiger partial charge in [-0.25, -0.2) is 4.39 Å². The minimum Gasteiger partial charge on any atom is -0.435 e. The third-order valence-corrected chi connectivity index (χ3v) is 2.21. The van der Waals surface area contributed by atoms with Gasteiger partial charge in [-0.3, -0.25) is 0 Å². The smallest absolute Gasteiger partial charge is 0.387 e. The van der Waals surface area contributed by atoms with Crippen LogP contribution in [-0.4, -0.2) is 6.61 Å².